The quantitative estimate of drug-likeness (QED) is 0.782. The van der Waals surface area contributed by atoms with Gasteiger partial charge in [-0.2, -0.15) is 0 Å². The summed E-state index contributed by atoms with van der Waals surface area (Å²) in [6.45, 7) is 4.18. The highest BCUT2D eigenvalue weighted by atomic mass is 35.5. The normalized spacial score (nSPS) is 11.3. The molecule has 1 aromatic carbocycles. The van der Waals surface area contributed by atoms with Crippen LogP contribution in [0.3, 0.4) is 0 Å². The van der Waals surface area contributed by atoms with E-state index in [1.54, 1.807) is 18.4 Å². The number of halogens is 1. The number of hydrogen-bond acceptors (Lipinski definition) is 4. The smallest absolute Gasteiger partial charge is 0.194 e. The van der Waals surface area contributed by atoms with Crippen LogP contribution in [0.25, 0.3) is 22.3 Å². The molecule has 0 saturated carbocycles. The largest absolute Gasteiger partial charge is 0.495 e. The van der Waals surface area contributed by atoms with Gasteiger partial charge in [-0.05, 0) is 18.1 Å². The predicted octanol–water partition coefficient (Wildman–Crippen LogP) is 4.04. The molecule has 1 N–H and O–H groups in total. The molecule has 0 amide bonds. The molecule has 2 aromatic heterocycles. The van der Waals surface area contributed by atoms with Crippen LogP contribution in [0.15, 0.2) is 33.7 Å². The van der Waals surface area contributed by atoms with Gasteiger partial charge in [0, 0.05) is 17.9 Å². The molecule has 0 atom stereocenters. The molecule has 3 rings (SSSR count). The first-order chi connectivity index (χ1) is 11.0. The molecule has 23 heavy (non-hydrogen) atoms. The van der Waals surface area contributed by atoms with Gasteiger partial charge in [0.15, 0.2) is 11.3 Å². The van der Waals surface area contributed by atoms with Crippen molar-refractivity contribution >= 4 is 22.5 Å². The van der Waals surface area contributed by atoms with E-state index in [1.807, 2.05) is 0 Å². The van der Waals surface area contributed by atoms with Crippen molar-refractivity contribution in [3.8, 4) is 17.1 Å². The second-order valence-corrected chi connectivity index (χ2v) is 6.15. The van der Waals surface area contributed by atoms with E-state index in [4.69, 9.17) is 20.8 Å². The molecule has 2 heterocycles. The summed E-state index contributed by atoms with van der Waals surface area (Å²) < 4.78 is 10.7. The summed E-state index contributed by atoms with van der Waals surface area (Å²) in [5, 5.41) is 0.875. The van der Waals surface area contributed by atoms with Crippen molar-refractivity contribution in [1.29, 1.82) is 0 Å². The van der Waals surface area contributed by atoms with E-state index in [-0.39, 0.29) is 5.43 Å². The van der Waals surface area contributed by atoms with E-state index >= 15 is 0 Å². The molecule has 3 aromatic rings. The van der Waals surface area contributed by atoms with E-state index < -0.39 is 0 Å². The minimum absolute atomic E-state index is 0.133. The molecule has 0 aliphatic carbocycles. The van der Waals surface area contributed by atoms with E-state index in [9.17, 15) is 4.79 Å². The van der Waals surface area contributed by atoms with Crippen LogP contribution >= 0.6 is 11.6 Å². The lowest BCUT2D eigenvalue weighted by Gasteiger charge is -2.07. The minimum Gasteiger partial charge on any atom is -0.495 e. The third-order valence-corrected chi connectivity index (χ3v) is 3.91. The number of benzene rings is 1. The molecule has 0 aliphatic rings. The van der Waals surface area contributed by atoms with Gasteiger partial charge in [-0.15, -0.1) is 0 Å². The third kappa shape index (κ3) is 2.97. The van der Waals surface area contributed by atoms with Crippen LogP contribution in [0.2, 0.25) is 5.02 Å². The van der Waals surface area contributed by atoms with Crippen LogP contribution in [0.1, 0.15) is 19.7 Å². The number of fused-ring (bicyclic) bond motifs is 1. The molecule has 6 heteroatoms. The molecule has 0 saturated heterocycles. The number of aromatic nitrogens is 2. The van der Waals surface area contributed by atoms with Gasteiger partial charge in [0.25, 0.3) is 0 Å². The van der Waals surface area contributed by atoms with Crippen molar-refractivity contribution in [3.63, 3.8) is 0 Å². The number of hydrogen-bond donors (Lipinski definition) is 1. The zero-order valence-electron chi connectivity index (χ0n) is 13.1. The number of aromatic amines is 1. The molecular weight excluding hydrogens is 316 g/mol. The van der Waals surface area contributed by atoms with Crippen molar-refractivity contribution in [1.82, 2.24) is 9.97 Å². The summed E-state index contributed by atoms with van der Waals surface area (Å²) in [5.74, 6) is 1.59. The topological polar surface area (TPSA) is 68.1 Å². The Hall–Kier alpha value is -2.27. The van der Waals surface area contributed by atoms with Crippen molar-refractivity contribution in [2.75, 3.05) is 7.11 Å². The van der Waals surface area contributed by atoms with E-state index in [0.717, 1.165) is 6.42 Å². The van der Waals surface area contributed by atoms with Crippen LogP contribution < -0.4 is 10.2 Å². The first-order valence-corrected chi connectivity index (χ1v) is 7.71. The fourth-order valence-corrected chi connectivity index (χ4v) is 2.73. The summed E-state index contributed by atoms with van der Waals surface area (Å²) in [4.78, 5) is 19.9. The number of pyridine rings is 1. The number of methoxy groups -OCH3 is 1. The molecule has 0 spiro atoms. The Morgan fingerprint density at radius 1 is 1.39 bits per heavy atom. The van der Waals surface area contributed by atoms with Gasteiger partial charge in [0.2, 0.25) is 0 Å². The highest BCUT2D eigenvalue weighted by Gasteiger charge is 2.13. The highest BCUT2D eigenvalue weighted by molar-refractivity contribution is 6.36. The molecule has 5 nitrogen and oxygen atoms in total. The Morgan fingerprint density at radius 2 is 2.17 bits per heavy atom. The lowest BCUT2D eigenvalue weighted by molar-refractivity contribution is 0.415. The minimum atomic E-state index is -0.133. The van der Waals surface area contributed by atoms with Crippen molar-refractivity contribution < 1.29 is 9.15 Å². The summed E-state index contributed by atoms with van der Waals surface area (Å²) in [5.41, 5.74) is 1.54. The van der Waals surface area contributed by atoms with Gasteiger partial charge >= 0.3 is 0 Å². The van der Waals surface area contributed by atoms with Gasteiger partial charge < -0.3 is 14.1 Å². The van der Waals surface area contributed by atoms with Gasteiger partial charge in [-0.3, -0.25) is 4.79 Å². The van der Waals surface area contributed by atoms with Crippen LogP contribution in [-0.4, -0.2) is 17.1 Å². The maximum Gasteiger partial charge on any atom is 0.194 e. The van der Waals surface area contributed by atoms with Crippen molar-refractivity contribution in [3.05, 3.63) is 45.6 Å². The van der Waals surface area contributed by atoms with Crippen molar-refractivity contribution in [2.24, 2.45) is 5.92 Å². The molecule has 0 aliphatic heterocycles. The monoisotopic (exact) mass is 332 g/mol. The molecular formula is C17H17ClN2O3. The SMILES string of the molecule is COc1ccc2c(=O)cc(-c3coc(CC(C)C)n3)[nH]c2c1Cl. The number of rotatable bonds is 4. The van der Waals surface area contributed by atoms with Crippen LogP contribution in [0, 0.1) is 5.92 Å². The number of oxazole rings is 1. The Bertz CT molecular complexity index is 912. The Labute approximate surface area is 138 Å². The summed E-state index contributed by atoms with van der Waals surface area (Å²) in [6, 6.07) is 4.87. The first-order valence-electron chi connectivity index (χ1n) is 7.34. The summed E-state index contributed by atoms with van der Waals surface area (Å²) in [7, 11) is 1.53. The average molecular weight is 333 g/mol. The fraction of sp³-hybridized carbons (Fsp3) is 0.294. The van der Waals surface area contributed by atoms with Gasteiger partial charge in [-0.25, -0.2) is 4.98 Å². The first kappa shape index (κ1) is 15.6. The van der Waals surface area contributed by atoms with Gasteiger partial charge in [-0.1, -0.05) is 25.4 Å². The lowest BCUT2D eigenvalue weighted by atomic mass is 10.1. The second kappa shape index (κ2) is 6.08. The molecule has 0 fully saturated rings. The van der Waals surface area contributed by atoms with Gasteiger partial charge in [0.1, 0.15) is 22.7 Å². The predicted molar refractivity (Wildman–Crippen MR) is 90.2 cm³/mol. The lowest BCUT2D eigenvalue weighted by Crippen LogP contribution is -2.04. The highest BCUT2D eigenvalue weighted by Crippen LogP contribution is 2.31. The van der Waals surface area contributed by atoms with E-state index in [2.05, 4.69) is 23.8 Å². The number of H-pyrrole nitrogens is 1. The summed E-state index contributed by atoms with van der Waals surface area (Å²) in [6.07, 6.45) is 2.29. The number of nitrogens with zero attached hydrogens (tertiary/aromatic N) is 1. The molecule has 0 radical (unpaired) electrons. The van der Waals surface area contributed by atoms with E-state index in [0.29, 0.717) is 44.9 Å². The zero-order chi connectivity index (χ0) is 16.6. The third-order valence-electron chi connectivity index (χ3n) is 3.54. The van der Waals surface area contributed by atoms with Gasteiger partial charge in [0.05, 0.1) is 18.3 Å². The van der Waals surface area contributed by atoms with Crippen LogP contribution in [0.4, 0.5) is 0 Å². The van der Waals surface area contributed by atoms with Crippen LogP contribution in [-0.2, 0) is 6.42 Å². The van der Waals surface area contributed by atoms with Crippen LogP contribution in [0.5, 0.6) is 5.75 Å². The maximum atomic E-state index is 12.3. The molecule has 120 valence electrons. The number of ether oxygens (including phenoxy) is 1. The number of nitrogens with one attached hydrogen (secondary N) is 1. The fourth-order valence-electron chi connectivity index (χ4n) is 2.44. The molecule has 0 unspecified atom stereocenters. The Morgan fingerprint density at radius 3 is 2.87 bits per heavy atom. The Balaban J connectivity index is 2.13. The zero-order valence-corrected chi connectivity index (χ0v) is 13.9. The second-order valence-electron chi connectivity index (χ2n) is 5.78. The Kier molecular flexibility index (Phi) is 4.13. The molecule has 0 bridgehead atoms. The summed E-state index contributed by atoms with van der Waals surface area (Å²) >= 11 is 6.31. The van der Waals surface area contributed by atoms with Crippen molar-refractivity contribution in [2.45, 2.75) is 20.3 Å². The average Bonchev–Trinajstić information content (AvgIpc) is 2.96. The van der Waals surface area contributed by atoms with E-state index in [1.165, 1.54) is 13.2 Å². The standard InChI is InChI=1S/C17H17ClN2O3/c1-9(2)6-15-19-12(8-23-15)11-7-13(21)10-4-5-14(22-3)16(18)17(10)20-11/h4-5,7-9H,6H2,1-3H3,(H,20,21). The maximum absolute atomic E-state index is 12.3.